The van der Waals surface area contributed by atoms with E-state index in [0.29, 0.717) is 5.75 Å². The van der Waals surface area contributed by atoms with Crippen molar-refractivity contribution in [3.8, 4) is 28.4 Å². The molecule has 0 aliphatic carbocycles. The molecule has 3 aromatic carbocycles. The molecule has 3 heterocycles. The van der Waals surface area contributed by atoms with Crippen LogP contribution in [0.2, 0.25) is 0 Å². The number of para-hydroxylation sites is 2. The van der Waals surface area contributed by atoms with E-state index < -0.39 is 0 Å². The van der Waals surface area contributed by atoms with Crippen LogP contribution >= 0.6 is 0 Å². The summed E-state index contributed by atoms with van der Waals surface area (Å²) < 4.78 is 6.31. The number of aromatic nitrogens is 1. The molecule has 5 heteroatoms. The summed E-state index contributed by atoms with van der Waals surface area (Å²) in [6.45, 7) is 3.01. The molecule has 0 bridgehead atoms. The Morgan fingerprint density at radius 2 is 1.65 bits per heavy atom. The molecule has 2 aliphatic rings. The average Bonchev–Trinajstić information content (AvgIpc) is 2.89. The van der Waals surface area contributed by atoms with Crippen LogP contribution in [0.4, 0.5) is 11.4 Å². The summed E-state index contributed by atoms with van der Waals surface area (Å²) in [5.74, 6) is 1.74. The first-order chi connectivity index (χ1) is 16.8. The number of rotatable bonds is 4. The third-order valence-corrected chi connectivity index (χ3v) is 6.81. The standard InChI is InChI=1S/C29H27N3O2/c33-26-17-23(22-9-6-14-30-19-22)18-28-29(26)32(25-10-4-5-11-27(25)34-28)24-12-15-31(16-13-24)20-21-7-2-1-3-8-21/h1-11,14,17-19,24,33H,12-13,15-16,20H2. The maximum Gasteiger partial charge on any atom is 0.155 e. The Hall–Kier alpha value is -3.83. The van der Waals surface area contributed by atoms with E-state index in [1.165, 1.54) is 5.56 Å². The first kappa shape index (κ1) is 20.8. The molecular formula is C29H27N3O2. The van der Waals surface area contributed by atoms with Crippen molar-refractivity contribution in [1.29, 1.82) is 0 Å². The zero-order valence-corrected chi connectivity index (χ0v) is 19.0. The van der Waals surface area contributed by atoms with Gasteiger partial charge >= 0.3 is 0 Å². The van der Waals surface area contributed by atoms with Gasteiger partial charge in [-0.2, -0.15) is 0 Å². The Kier molecular flexibility index (Phi) is 5.40. The predicted octanol–water partition coefficient (Wildman–Crippen LogP) is 6.36. The molecule has 34 heavy (non-hydrogen) atoms. The molecule has 0 spiro atoms. The molecule has 1 N–H and O–H groups in total. The number of likely N-dealkylation sites (tertiary alicyclic amines) is 1. The second-order valence-corrected chi connectivity index (χ2v) is 9.02. The zero-order valence-electron chi connectivity index (χ0n) is 19.0. The number of nitrogens with zero attached hydrogens (tertiary/aromatic N) is 3. The minimum atomic E-state index is 0.234. The predicted molar refractivity (Wildman–Crippen MR) is 135 cm³/mol. The van der Waals surface area contributed by atoms with Crippen LogP contribution in [0.3, 0.4) is 0 Å². The first-order valence-electron chi connectivity index (χ1n) is 11.9. The van der Waals surface area contributed by atoms with Crippen molar-refractivity contribution in [2.75, 3.05) is 18.0 Å². The highest BCUT2D eigenvalue weighted by Crippen LogP contribution is 2.53. The fourth-order valence-corrected chi connectivity index (χ4v) is 5.15. The molecule has 1 fully saturated rings. The quantitative estimate of drug-likeness (QED) is 0.393. The number of ether oxygens (including phenoxy) is 1. The first-order valence-corrected chi connectivity index (χ1v) is 11.9. The van der Waals surface area contributed by atoms with E-state index in [9.17, 15) is 5.11 Å². The number of phenolic OH excluding ortho intramolecular Hbond substituents is 1. The Morgan fingerprint density at radius 1 is 0.853 bits per heavy atom. The number of hydrogen-bond acceptors (Lipinski definition) is 5. The smallest absolute Gasteiger partial charge is 0.155 e. The third-order valence-electron chi connectivity index (χ3n) is 6.81. The molecule has 0 saturated carbocycles. The summed E-state index contributed by atoms with van der Waals surface area (Å²) in [4.78, 5) is 9.05. The van der Waals surface area contributed by atoms with E-state index in [1.54, 1.807) is 12.4 Å². The molecule has 0 radical (unpaired) electrons. The largest absolute Gasteiger partial charge is 0.506 e. The van der Waals surface area contributed by atoms with Crippen LogP contribution in [-0.2, 0) is 6.54 Å². The SMILES string of the molecule is Oc1cc(-c2cccnc2)cc2c1N(C1CCN(Cc3ccccc3)CC1)c1ccccc1O2. The summed E-state index contributed by atoms with van der Waals surface area (Å²) in [5, 5.41) is 11.2. The lowest BCUT2D eigenvalue weighted by Gasteiger charge is -2.42. The Bertz CT molecular complexity index is 1290. The Labute approximate surface area is 199 Å². The highest BCUT2D eigenvalue weighted by Gasteiger charge is 2.34. The van der Waals surface area contributed by atoms with Gasteiger partial charge in [-0.05, 0) is 54.3 Å². The van der Waals surface area contributed by atoms with Crippen LogP contribution in [0.25, 0.3) is 11.1 Å². The van der Waals surface area contributed by atoms with Crippen molar-refractivity contribution in [1.82, 2.24) is 9.88 Å². The lowest BCUT2D eigenvalue weighted by atomic mass is 9.98. The molecule has 0 atom stereocenters. The van der Waals surface area contributed by atoms with Crippen molar-refractivity contribution >= 4 is 11.4 Å². The van der Waals surface area contributed by atoms with E-state index in [4.69, 9.17) is 4.74 Å². The number of phenols is 1. The van der Waals surface area contributed by atoms with Crippen molar-refractivity contribution < 1.29 is 9.84 Å². The summed E-state index contributed by atoms with van der Waals surface area (Å²) in [6.07, 6.45) is 5.59. The molecule has 0 amide bonds. The average molecular weight is 450 g/mol. The number of piperidine rings is 1. The van der Waals surface area contributed by atoms with E-state index in [2.05, 4.69) is 51.2 Å². The van der Waals surface area contributed by atoms with E-state index in [-0.39, 0.29) is 11.8 Å². The fourth-order valence-electron chi connectivity index (χ4n) is 5.15. The number of fused-ring (bicyclic) bond motifs is 2. The van der Waals surface area contributed by atoms with Gasteiger partial charge in [0.2, 0.25) is 0 Å². The fraction of sp³-hybridized carbons (Fsp3) is 0.207. The van der Waals surface area contributed by atoms with Gasteiger partial charge in [-0.3, -0.25) is 9.88 Å². The summed E-state index contributed by atoms with van der Waals surface area (Å²) >= 11 is 0. The van der Waals surface area contributed by atoms with Crippen LogP contribution in [-0.4, -0.2) is 34.1 Å². The molecular weight excluding hydrogens is 422 g/mol. The van der Waals surface area contributed by atoms with Gasteiger partial charge in [0.15, 0.2) is 11.5 Å². The molecule has 0 unspecified atom stereocenters. The van der Waals surface area contributed by atoms with E-state index >= 15 is 0 Å². The molecule has 5 nitrogen and oxygen atoms in total. The van der Waals surface area contributed by atoms with Crippen LogP contribution in [0.1, 0.15) is 18.4 Å². The van der Waals surface area contributed by atoms with Gasteiger partial charge in [-0.1, -0.05) is 48.5 Å². The van der Waals surface area contributed by atoms with Gasteiger partial charge in [0, 0.05) is 43.6 Å². The van der Waals surface area contributed by atoms with E-state index in [1.807, 2.05) is 42.5 Å². The second-order valence-electron chi connectivity index (χ2n) is 9.02. The molecule has 2 aliphatic heterocycles. The van der Waals surface area contributed by atoms with Gasteiger partial charge < -0.3 is 14.7 Å². The number of pyridine rings is 1. The lowest BCUT2D eigenvalue weighted by Crippen LogP contribution is -2.43. The minimum Gasteiger partial charge on any atom is -0.506 e. The molecule has 6 rings (SSSR count). The van der Waals surface area contributed by atoms with Gasteiger partial charge in [0.25, 0.3) is 0 Å². The molecule has 1 saturated heterocycles. The summed E-state index contributed by atoms with van der Waals surface area (Å²) in [5.41, 5.74) is 4.96. The van der Waals surface area contributed by atoms with Gasteiger partial charge in [0.05, 0.1) is 5.69 Å². The van der Waals surface area contributed by atoms with Crippen LogP contribution in [0, 0.1) is 0 Å². The van der Waals surface area contributed by atoms with Gasteiger partial charge in [0.1, 0.15) is 11.4 Å². The van der Waals surface area contributed by atoms with Crippen molar-refractivity contribution in [3.05, 3.63) is 96.8 Å². The highest BCUT2D eigenvalue weighted by molar-refractivity contribution is 5.85. The van der Waals surface area contributed by atoms with Crippen molar-refractivity contribution in [3.63, 3.8) is 0 Å². The molecule has 4 aromatic rings. The van der Waals surface area contributed by atoms with Crippen LogP contribution in [0.15, 0.2) is 91.3 Å². The highest BCUT2D eigenvalue weighted by atomic mass is 16.5. The summed E-state index contributed by atoms with van der Waals surface area (Å²) in [7, 11) is 0. The van der Waals surface area contributed by atoms with Crippen LogP contribution < -0.4 is 9.64 Å². The molecule has 1 aromatic heterocycles. The minimum absolute atomic E-state index is 0.234. The maximum atomic E-state index is 11.2. The van der Waals surface area contributed by atoms with Crippen molar-refractivity contribution in [2.24, 2.45) is 0 Å². The lowest BCUT2D eigenvalue weighted by molar-refractivity contribution is 0.204. The maximum absolute atomic E-state index is 11.2. The third kappa shape index (κ3) is 3.88. The molecule has 170 valence electrons. The Balaban J connectivity index is 1.31. The zero-order chi connectivity index (χ0) is 22.9. The number of anilines is 2. The topological polar surface area (TPSA) is 48.8 Å². The summed E-state index contributed by atoms with van der Waals surface area (Å²) in [6, 6.07) is 26.8. The van der Waals surface area contributed by atoms with E-state index in [0.717, 1.165) is 60.7 Å². The Morgan fingerprint density at radius 3 is 2.44 bits per heavy atom. The van der Waals surface area contributed by atoms with Gasteiger partial charge in [-0.15, -0.1) is 0 Å². The van der Waals surface area contributed by atoms with Gasteiger partial charge in [-0.25, -0.2) is 0 Å². The number of hydrogen-bond donors (Lipinski definition) is 1. The normalized spacial score (nSPS) is 15.9. The monoisotopic (exact) mass is 449 g/mol. The second kappa shape index (κ2) is 8.84. The van der Waals surface area contributed by atoms with Crippen molar-refractivity contribution in [2.45, 2.75) is 25.4 Å². The van der Waals surface area contributed by atoms with Crippen LogP contribution in [0.5, 0.6) is 17.2 Å². The number of benzene rings is 3. The number of aromatic hydroxyl groups is 1.